The monoisotopic (exact) mass is 379 g/mol. The third kappa shape index (κ3) is 3.37. The lowest BCUT2D eigenvalue weighted by Gasteiger charge is -2.35. The Hall–Kier alpha value is -2.82. The van der Waals surface area contributed by atoms with Crippen LogP contribution in [0.2, 0.25) is 0 Å². The first-order valence-electron chi connectivity index (χ1n) is 9.67. The van der Waals surface area contributed by atoms with Crippen molar-refractivity contribution >= 4 is 11.9 Å². The summed E-state index contributed by atoms with van der Waals surface area (Å²) in [7, 11) is 3.02. The molecule has 1 amide bonds. The molecule has 146 valence electrons. The number of amides is 1. The zero-order chi connectivity index (χ0) is 19.7. The van der Waals surface area contributed by atoms with Crippen LogP contribution in [-0.4, -0.2) is 44.1 Å². The highest BCUT2D eigenvalue weighted by Gasteiger charge is 2.42. The van der Waals surface area contributed by atoms with Gasteiger partial charge in [0.15, 0.2) is 0 Å². The zero-order valence-corrected chi connectivity index (χ0v) is 16.4. The molecule has 1 saturated heterocycles. The molecule has 4 rings (SSSR count). The molecule has 5 heteroatoms. The second-order valence-electron chi connectivity index (χ2n) is 7.86. The van der Waals surface area contributed by atoms with Gasteiger partial charge in [0, 0.05) is 18.7 Å². The number of methoxy groups -OCH3 is 2. The minimum absolute atomic E-state index is 0.0774. The van der Waals surface area contributed by atoms with Crippen LogP contribution in [0.4, 0.5) is 0 Å². The molecule has 1 fully saturated rings. The van der Waals surface area contributed by atoms with E-state index in [1.165, 1.54) is 18.2 Å². The van der Waals surface area contributed by atoms with E-state index < -0.39 is 0 Å². The number of nitrogens with zero attached hydrogens (tertiary/aromatic N) is 1. The van der Waals surface area contributed by atoms with Crippen molar-refractivity contribution in [1.82, 2.24) is 4.90 Å². The molecule has 5 nitrogen and oxygen atoms in total. The van der Waals surface area contributed by atoms with Crippen LogP contribution in [0.1, 0.15) is 44.7 Å². The van der Waals surface area contributed by atoms with Gasteiger partial charge in [-0.2, -0.15) is 0 Å². The fourth-order valence-corrected chi connectivity index (χ4v) is 4.54. The van der Waals surface area contributed by atoms with E-state index in [9.17, 15) is 9.59 Å². The number of ether oxygens (including phenoxy) is 2. The highest BCUT2D eigenvalue weighted by molar-refractivity contribution is 5.94. The van der Waals surface area contributed by atoms with Crippen LogP contribution in [-0.2, 0) is 17.6 Å². The van der Waals surface area contributed by atoms with E-state index in [1.807, 2.05) is 47.4 Å². The molecule has 28 heavy (non-hydrogen) atoms. The topological polar surface area (TPSA) is 55.8 Å². The highest BCUT2D eigenvalue weighted by Crippen LogP contribution is 2.43. The Balaban J connectivity index is 1.50. The molecule has 1 heterocycles. The maximum atomic E-state index is 12.9. The van der Waals surface area contributed by atoms with Gasteiger partial charge in [-0.15, -0.1) is 0 Å². The van der Waals surface area contributed by atoms with E-state index in [-0.39, 0.29) is 17.3 Å². The third-order valence-electron chi connectivity index (χ3n) is 6.18. The highest BCUT2D eigenvalue weighted by atomic mass is 16.5. The molecular formula is C23H25NO4. The molecule has 2 aliphatic rings. The van der Waals surface area contributed by atoms with Crippen molar-refractivity contribution in [2.75, 3.05) is 27.3 Å². The van der Waals surface area contributed by atoms with Gasteiger partial charge in [0.25, 0.3) is 5.91 Å². The Morgan fingerprint density at radius 2 is 1.71 bits per heavy atom. The van der Waals surface area contributed by atoms with Gasteiger partial charge < -0.3 is 14.4 Å². The molecule has 0 aromatic heterocycles. The minimum Gasteiger partial charge on any atom is -0.497 e. The summed E-state index contributed by atoms with van der Waals surface area (Å²) in [4.78, 5) is 26.8. The number of likely N-dealkylation sites (tertiary alicyclic amines) is 1. The second-order valence-corrected chi connectivity index (χ2v) is 7.86. The van der Waals surface area contributed by atoms with Crippen molar-refractivity contribution in [1.29, 1.82) is 0 Å². The van der Waals surface area contributed by atoms with E-state index in [0.29, 0.717) is 11.1 Å². The van der Waals surface area contributed by atoms with Gasteiger partial charge >= 0.3 is 5.97 Å². The first-order valence-corrected chi connectivity index (χ1v) is 9.67. The van der Waals surface area contributed by atoms with Crippen molar-refractivity contribution in [2.45, 2.75) is 25.7 Å². The first kappa shape index (κ1) is 18.5. The predicted octanol–water partition coefficient (Wildman–Crippen LogP) is 3.50. The van der Waals surface area contributed by atoms with Gasteiger partial charge in [0.1, 0.15) is 5.75 Å². The summed E-state index contributed by atoms with van der Waals surface area (Å²) in [5, 5.41) is 0. The van der Waals surface area contributed by atoms with Crippen molar-refractivity contribution < 1.29 is 19.1 Å². The smallest absolute Gasteiger partial charge is 0.337 e. The molecule has 2 aromatic carbocycles. The maximum Gasteiger partial charge on any atom is 0.337 e. The van der Waals surface area contributed by atoms with Crippen LogP contribution in [0.3, 0.4) is 0 Å². The zero-order valence-electron chi connectivity index (χ0n) is 16.4. The van der Waals surface area contributed by atoms with Crippen LogP contribution in [0, 0.1) is 5.41 Å². The molecule has 1 aliphatic carbocycles. The average Bonchev–Trinajstić information content (AvgIpc) is 3.15. The molecule has 1 unspecified atom stereocenters. The van der Waals surface area contributed by atoms with Crippen molar-refractivity contribution in [2.24, 2.45) is 5.41 Å². The van der Waals surface area contributed by atoms with Crippen molar-refractivity contribution in [3.63, 3.8) is 0 Å². The fraction of sp³-hybridized carbons (Fsp3) is 0.391. The standard InChI is InChI=1S/C23H25NO4/c1-27-20-7-5-17(6-8-20)21(25)24-12-11-23(15-24)10-9-16-3-4-18(22(26)28-2)13-19(16)14-23/h3-8,13H,9-12,14-15H2,1-2H3. The summed E-state index contributed by atoms with van der Waals surface area (Å²) in [6, 6.07) is 13.2. The van der Waals surface area contributed by atoms with Gasteiger partial charge in [0.2, 0.25) is 0 Å². The maximum absolute atomic E-state index is 12.9. The number of carbonyl (C=O) groups excluding carboxylic acids is 2. The van der Waals surface area contributed by atoms with Crippen LogP contribution in [0.15, 0.2) is 42.5 Å². The van der Waals surface area contributed by atoms with E-state index in [2.05, 4.69) is 0 Å². The molecule has 0 radical (unpaired) electrons. The Kier molecular flexibility index (Phi) is 4.84. The molecule has 0 saturated carbocycles. The molecule has 0 N–H and O–H groups in total. The summed E-state index contributed by atoms with van der Waals surface area (Å²) in [5.74, 6) is 0.526. The number of rotatable bonds is 3. The lowest BCUT2D eigenvalue weighted by molar-refractivity contribution is 0.0600. The summed E-state index contributed by atoms with van der Waals surface area (Å²) in [6.07, 6.45) is 3.96. The SMILES string of the molecule is COC(=O)c1ccc2c(c1)CC1(CC2)CCN(C(=O)c2ccc(OC)cc2)C1. The Morgan fingerprint density at radius 3 is 2.43 bits per heavy atom. The largest absolute Gasteiger partial charge is 0.497 e. The van der Waals surface area contributed by atoms with E-state index in [1.54, 1.807) is 7.11 Å². The Bertz CT molecular complexity index is 905. The number of carbonyl (C=O) groups is 2. The van der Waals surface area contributed by atoms with E-state index in [0.717, 1.165) is 44.5 Å². The second kappa shape index (κ2) is 7.30. The molecule has 2 aromatic rings. The number of hydrogen-bond donors (Lipinski definition) is 0. The molecule has 1 aliphatic heterocycles. The quantitative estimate of drug-likeness (QED) is 0.766. The van der Waals surface area contributed by atoms with Crippen molar-refractivity contribution in [3.05, 3.63) is 64.7 Å². The number of benzene rings is 2. The summed E-state index contributed by atoms with van der Waals surface area (Å²) in [5.41, 5.74) is 3.92. The number of hydrogen-bond acceptors (Lipinski definition) is 4. The molecule has 0 bridgehead atoms. The minimum atomic E-state index is -0.301. The van der Waals surface area contributed by atoms with Gasteiger partial charge in [-0.1, -0.05) is 6.07 Å². The van der Waals surface area contributed by atoms with Gasteiger partial charge in [-0.25, -0.2) is 4.79 Å². The predicted molar refractivity (Wildman–Crippen MR) is 106 cm³/mol. The van der Waals surface area contributed by atoms with Crippen LogP contribution in [0.5, 0.6) is 5.75 Å². The van der Waals surface area contributed by atoms with Gasteiger partial charge in [-0.3, -0.25) is 4.79 Å². The van der Waals surface area contributed by atoms with Gasteiger partial charge in [-0.05, 0) is 78.6 Å². The normalized spacial score (nSPS) is 20.7. The van der Waals surface area contributed by atoms with Crippen LogP contribution in [0.25, 0.3) is 0 Å². The molecule has 1 atom stereocenters. The van der Waals surface area contributed by atoms with Crippen LogP contribution < -0.4 is 4.74 Å². The Morgan fingerprint density at radius 1 is 0.964 bits per heavy atom. The van der Waals surface area contributed by atoms with E-state index in [4.69, 9.17) is 9.47 Å². The summed E-state index contributed by atoms with van der Waals surface area (Å²) < 4.78 is 10.0. The first-order chi connectivity index (χ1) is 13.5. The van der Waals surface area contributed by atoms with Crippen LogP contribution >= 0.6 is 0 Å². The van der Waals surface area contributed by atoms with Crippen molar-refractivity contribution in [3.8, 4) is 5.75 Å². The van der Waals surface area contributed by atoms with Gasteiger partial charge in [0.05, 0.1) is 19.8 Å². The lowest BCUT2D eigenvalue weighted by Crippen LogP contribution is -2.35. The summed E-state index contributed by atoms with van der Waals surface area (Å²) in [6.45, 7) is 1.54. The fourth-order valence-electron chi connectivity index (χ4n) is 4.54. The number of aryl methyl sites for hydroxylation is 1. The third-order valence-corrected chi connectivity index (χ3v) is 6.18. The number of esters is 1. The number of fused-ring (bicyclic) bond motifs is 1. The molecular weight excluding hydrogens is 354 g/mol. The summed E-state index contributed by atoms with van der Waals surface area (Å²) >= 11 is 0. The average molecular weight is 379 g/mol. The lowest BCUT2D eigenvalue weighted by atomic mass is 9.71. The van der Waals surface area contributed by atoms with E-state index >= 15 is 0 Å². The Labute approximate surface area is 165 Å². The molecule has 1 spiro atoms.